The molecule has 0 bridgehead atoms. The van der Waals surface area contributed by atoms with E-state index in [2.05, 4.69) is 0 Å². The maximum Gasteiger partial charge on any atom is 0.263 e. The van der Waals surface area contributed by atoms with E-state index in [0.717, 1.165) is 45.3 Å². The minimum Gasteiger partial charge on any atom is -0.293 e. The smallest absolute Gasteiger partial charge is 0.263 e. The number of carbonyl (C=O) groups is 1. The number of nitrogens with zero attached hydrogens (tertiary/aromatic N) is 2. The molecule has 0 amide bonds. The predicted octanol–water partition coefficient (Wildman–Crippen LogP) is 5.17. The van der Waals surface area contributed by atoms with Crippen molar-refractivity contribution < 1.29 is 4.79 Å². The highest BCUT2D eigenvalue weighted by Gasteiger charge is 2.21. The minimum absolute atomic E-state index is 0.110. The van der Waals surface area contributed by atoms with Gasteiger partial charge in [0, 0.05) is 23.6 Å². The van der Waals surface area contributed by atoms with Crippen molar-refractivity contribution in [2.45, 2.75) is 57.1 Å². The molecule has 0 aliphatic heterocycles. The molecule has 142 valence electrons. The van der Waals surface area contributed by atoms with Crippen LogP contribution in [-0.4, -0.2) is 21.1 Å². The van der Waals surface area contributed by atoms with Crippen LogP contribution >= 0.6 is 34.4 Å². The van der Waals surface area contributed by atoms with Crippen LogP contribution in [-0.2, 0) is 19.4 Å². The Balaban J connectivity index is 1.51. The van der Waals surface area contributed by atoms with Crippen molar-refractivity contribution in [2.75, 3.05) is 5.75 Å². The van der Waals surface area contributed by atoms with E-state index < -0.39 is 0 Å². The van der Waals surface area contributed by atoms with Crippen molar-refractivity contribution in [1.29, 1.82) is 0 Å². The molecule has 0 spiro atoms. The first kappa shape index (κ1) is 18.9. The van der Waals surface area contributed by atoms with Crippen molar-refractivity contribution in [3.8, 4) is 0 Å². The third kappa shape index (κ3) is 3.77. The van der Waals surface area contributed by atoms with Gasteiger partial charge in [-0.1, -0.05) is 17.8 Å². The lowest BCUT2D eigenvalue weighted by atomic mass is 9.97. The molecule has 1 aliphatic rings. The molecule has 0 saturated heterocycles. The largest absolute Gasteiger partial charge is 0.293 e. The Morgan fingerprint density at radius 2 is 2.19 bits per heavy atom. The van der Waals surface area contributed by atoms with Crippen LogP contribution in [0.25, 0.3) is 10.2 Å². The highest BCUT2D eigenvalue weighted by atomic mass is 32.2. The Kier molecular flexibility index (Phi) is 5.80. The highest BCUT2D eigenvalue weighted by Crippen LogP contribution is 2.34. The average molecular weight is 419 g/mol. The van der Waals surface area contributed by atoms with E-state index in [9.17, 15) is 9.59 Å². The van der Waals surface area contributed by atoms with Gasteiger partial charge in [-0.25, -0.2) is 4.98 Å². The van der Waals surface area contributed by atoms with Gasteiger partial charge in [0.15, 0.2) is 10.9 Å². The summed E-state index contributed by atoms with van der Waals surface area (Å²) in [6, 6.07) is 3.79. The maximum atomic E-state index is 13.1. The van der Waals surface area contributed by atoms with Crippen molar-refractivity contribution in [3.63, 3.8) is 0 Å². The number of aromatic nitrogens is 2. The van der Waals surface area contributed by atoms with E-state index in [1.165, 1.54) is 34.6 Å². The predicted molar refractivity (Wildman–Crippen MR) is 115 cm³/mol. The van der Waals surface area contributed by atoms with Crippen LogP contribution in [0.1, 0.15) is 52.7 Å². The first-order chi connectivity index (χ1) is 13.2. The summed E-state index contributed by atoms with van der Waals surface area (Å²) in [5, 5.41) is 3.58. The van der Waals surface area contributed by atoms with Crippen molar-refractivity contribution in [3.05, 3.63) is 43.2 Å². The van der Waals surface area contributed by atoms with E-state index in [1.54, 1.807) is 27.7 Å². The molecule has 0 atom stereocenters. The summed E-state index contributed by atoms with van der Waals surface area (Å²) in [4.78, 5) is 33.1. The van der Waals surface area contributed by atoms with Gasteiger partial charge in [-0.05, 0) is 56.0 Å². The fourth-order valence-corrected chi connectivity index (χ4v) is 6.56. The Bertz CT molecular complexity index is 1020. The lowest BCUT2D eigenvalue weighted by Crippen LogP contribution is -2.23. The molecule has 3 heterocycles. The van der Waals surface area contributed by atoms with Crippen molar-refractivity contribution in [1.82, 2.24) is 9.55 Å². The Labute approximate surface area is 170 Å². The number of hydrogen-bond acceptors (Lipinski definition) is 6. The molecule has 27 heavy (non-hydrogen) atoms. The van der Waals surface area contributed by atoms with Crippen molar-refractivity contribution in [2.24, 2.45) is 0 Å². The molecule has 4 rings (SSSR count). The van der Waals surface area contributed by atoms with E-state index >= 15 is 0 Å². The van der Waals surface area contributed by atoms with Crippen LogP contribution in [0.15, 0.2) is 27.5 Å². The monoisotopic (exact) mass is 418 g/mol. The van der Waals surface area contributed by atoms with Crippen LogP contribution in [0.2, 0.25) is 0 Å². The molecule has 0 radical (unpaired) electrons. The Morgan fingerprint density at radius 3 is 2.96 bits per heavy atom. The van der Waals surface area contributed by atoms with E-state index in [0.29, 0.717) is 13.0 Å². The second kappa shape index (κ2) is 8.29. The van der Waals surface area contributed by atoms with Gasteiger partial charge in [-0.2, -0.15) is 0 Å². The number of carbonyl (C=O) groups excluding carboxylic acids is 1. The zero-order chi connectivity index (χ0) is 18.8. The zero-order valence-electron chi connectivity index (χ0n) is 15.3. The van der Waals surface area contributed by atoms with Gasteiger partial charge < -0.3 is 0 Å². The fraction of sp³-hybridized carbons (Fsp3) is 0.450. The standard InChI is InChI=1S/C20H22N2O2S3/c1-2-22-19(24)17-13-7-3-4-9-15(13)27-18(17)21-20(22)26-12-5-8-14(23)16-10-6-11-25-16/h6,10-11H,2-5,7-9,12H2,1H3. The fourth-order valence-electron chi connectivity index (χ4n) is 3.57. The molecule has 0 unspecified atom stereocenters. The van der Waals surface area contributed by atoms with E-state index in [4.69, 9.17) is 4.98 Å². The SMILES string of the molecule is CCn1c(SCCCC(=O)c2cccs2)nc2sc3c(c2c1=O)CCCC3. The van der Waals surface area contributed by atoms with E-state index in [-0.39, 0.29) is 11.3 Å². The topological polar surface area (TPSA) is 52.0 Å². The van der Waals surface area contributed by atoms with Gasteiger partial charge in [0.25, 0.3) is 5.56 Å². The normalized spacial score (nSPS) is 13.8. The number of fused-ring (bicyclic) bond motifs is 3. The summed E-state index contributed by atoms with van der Waals surface area (Å²) in [6.45, 7) is 2.63. The number of thioether (sulfide) groups is 1. The number of aryl methyl sites for hydroxylation is 2. The third-order valence-electron chi connectivity index (χ3n) is 4.93. The van der Waals surface area contributed by atoms with Crippen LogP contribution in [0.4, 0.5) is 0 Å². The number of hydrogen-bond donors (Lipinski definition) is 0. The summed E-state index contributed by atoms with van der Waals surface area (Å²) in [5.41, 5.74) is 1.36. The first-order valence-electron chi connectivity index (χ1n) is 9.43. The third-order valence-corrected chi connectivity index (χ3v) is 8.09. The van der Waals surface area contributed by atoms with Gasteiger partial charge in [-0.3, -0.25) is 14.2 Å². The van der Waals surface area contributed by atoms with Gasteiger partial charge >= 0.3 is 0 Å². The molecule has 0 aromatic carbocycles. The molecule has 3 aromatic heterocycles. The molecule has 0 N–H and O–H groups in total. The molecule has 7 heteroatoms. The van der Waals surface area contributed by atoms with Gasteiger partial charge in [0.2, 0.25) is 0 Å². The van der Waals surface area contributed by atoms with Gasteiger partial charge in [0.1, 0.15) is 4.83 Å². The Hall–Kier alpha value is -1.44. The quantitative estimate of drug-likeness (QED) is 0.230. The van der Waals surface area contributed by atoms with Crippen LogP contribution in [0.3, 0.4) is 0 Å². The number of thiophene rings is 2. The molecule has 0 saturated carbocycles. The molecule has 1 aliphatic carbocycles. The van der Waals surface area contributed by atoms with Crippen LogP contribution in [0, 0.1) is 0 Å². The summed E-state index contributed by atoms with van der Waals surface area (Å²) in [6.07, 6.45) is 5.79. The summed E-state index contributed by atoms with van der Waals surface area (Å²) in [7, 11) is 0. The van der Waals surface area contributed by atoms with Crippen molar-refractivity contribution >= 4 is 50.4 Å². The van der Waals surface area contributed by atoms with E-state index in [1.807, 2.05) is 24.4 Å². The molecule has 0 fully saturated rings. The second-order valence-electron chi connectivity index (χ2n) is 6.69. The molecule has 3 aromatic rings. The number of Topliss-reactive ketones (excluding diaryl/α,β-unsaturated/α-hetero) is 1. The second-order valence-corrected chi connectivity index (χ2v) is 9.78. The first-order valence-corrected chi connectivity index (χ1v) is 12.1. The molecular formula is C20H22N2O2S3. The van der Waals surface area contributed by atoms with Gasteiger partial charge in [-0.15, -0.1) is 22.7 Å². The average Bonchev–Trinajstić information content (AvgIpc) is 3.32. The lowest BCUT2D eigenvalue weighted by Gasteiger charge is -2.12. The summed E-state index contributed by atoms with van der Waals surface area (Å²) < 4.78 is 1.80. The van der Waals surface area contributed by atoms with Crippen LogP contribution < -0.4 is 5.56 Å². The molecular weight excluding hydrogens is 396 g/mol. The van der Waals surface area contributed by atoms with Gasteiger partial charge in [0.05, 0.1) is 10.3 Å². The lowest BCUT2D eigenvalue weighted by molar-refractivity contribution is 0.0986. The maximum absolute atomic E-state index is 13.1. The zero-order valence-corrected chi connectivity index (χ0v) is 17.8. The molecule has 4 nitrogen and oxygen atoms in total. The minimum atomic E-state index is 0.110. The number of ketones is 1. The highest BCUT2D eigenvalue weighted by molar-refractivity contribution is 7.99. The Morgan fingerprint density at radius 1 is 1.33 bits per heavy atom. The summed E-state index contributed by atoms with van der Waals surface area (Å²) in [5.74, 6) is 0.994. The summed E-state index contributed by atoms with van der Waals surface area (Å²) >= 11 is 4.79. The van der Waals surface area contributed by atoms with Crippen LogP contribution in [0.5, 0.6) is 0 Å². The number of rotatable bonds is 7.